The summed E-state index contributed by atoms with van der Waals surface area (Å²) in [5.74, 6) is 0. The van der Waals surface area contributed by atoms with Gasteiger partial charge in [-0.1, -0.05) is 0 Å². The van der Waals surface area contributed by atoms with E-state index in [4.69, 9.17) is 4.74 Å². The number of ether oxygens (including phenoxy) is 1. The van der Waals surface area contributed by atoms with Crippen LogP contribution in [-0.4, -0.2) is 50.7 Å². The van der Waals surface area contributed by atoms with Crippen LogP contribution in [0.4, 0.5) is 0 Å². The zero-order chi connectivity index (χ0) is 9.52. The number of rotatable bonds is 5. The summed E-state index contributed by atoms with van der Waals surface area (Å²) in [5.41, 5.74) is 0. The maximum absolute atomic E-state index is 10.5. The summed E-state index contributed by atoms with van der Waals surface area (Å²) in [4.78, 5) is 12.3. The van der Waals surface area contributed by atoms with Crippen LogP contribution >= 0.6 is 0 Å². The molecule has 13 heavy (non-hydrogen) atoms. The summed E-state index contributed by atoms with van der Waals surface area (Å²) in [5, 5.41) is 3.26. The van der Waals surface area contributed by atoms with Gasteiger partial charge in [0.05, 0.1) is 0 Å². The normalized spacial score (nSPS) is 23.2. The summed E-state index contributed by atoms with van der Waals surface area (Å²) >= 11 is 0. The van der Waals surface area contributed by atoms with Crippen molar-refractivity contribution in [1.82, 2.24) is 10.2 Å². The van der Waals surface area contributed by atoms with Crippen molar-refractivity contribution in [2.75, 3.05) is 33.4 Å². The van der Waals surface area contributed by atoms with Crippen LogP contribution in [0.2, 0.25) is 0 Å². The van der Waals surface area contributed by atoms with Crippen molar-refractivity contribution < 1.29 is 9.53 Å². The van der Waals surface area contributed by atoms with Gasteiger partial charge in [-0.05, 0) is 12.8 Å². The first kappa shape index (κ1) is 10.5. The highest BCUT2D eigenvalue weighted by Gasteiger charge is 2.20. The van der Waals surface area contributed by atoms with Crippen molar-refractivity contribution in [3.05, 3.63) is 0 Å². The van der Waals surface area contributed by atoms with Gasteiger partial charge in [0.25, 0.3) is 0 Å². The van der Waals surface area contributed by atoms with Gasteiger partial charge in [-0.15, -0.1) is 0 Å². The molecule has 1 atom stereocenters. The molecule has 1 unspecified atom stereocenters. The second-order valence-corrected chi connectivity index (χ2v) is 3.28. The Hall–Kier alpha value is -0.610. The number of hydrogen-bond acceptors (Lipinski definition) is 3. The summed E-state index contributed by atoms with van der Waals surface area (Å²) in [6.07, 6.45) is 3.98. The molecule has 4 heteroatoms. The van der Waals surface area contributed by atoms with Crippen molar-refractivity contribution in [3.8, 4) is 0 Å². The molecule has 1 aliphatic rings. The number of methoxy groups -OCH3 is 1. The molecule has 0 aromatic carbocycles. The van der Waals surface area contributed by atoms with E-state index in [-0.39, 0.29) is 0 Å². The predicted octanol–water partition coefficient (Wildman–Crippen LogP) is -0.246. The molecule has 1 saturated heterocycles. The minimum Gasteiger partial charge on any atom is -0.385 e. The van der Waals surface area contributed by atoms with Crippen molar-refractivity contribution >= 4 is 6.41 Å². The summed E-state index contributed by atoms with van der Waals surface area (Å²) < 4.78 is 4.96. The van der Waals surface area contributed by atoms with E-state index in [1.54, 1.807) is 12.0 Å². The molecule has 4 nitrogen and oxygen atoms in total. The first-order valence-electron chi connectivity index (χ1n) is 4.72. The molecule has 1 amide bonds. The molecule has 75 valence electrons. The monoisotopic (exact) mass is 185 g/mol. The molecule has 0 spiro atoms. The molecular weight excluding hydrogens is 168 g/mol. The number of nitrogens with one attached hydrogen (secondary N) is 1. The lowest BCUT2D eigenvalue weighted by Crippen LogP contribution is -2.50. The second kappa shape index (κ2) is 5.94. The molecule has 0 aliphatic carbocycles. The van der Waals surface area contributed by atoms with E-state index in [2.05, 4.69) is 5.32 Å². The van der Waals surface area contributed by atoms with Crippen LogP contribution in [0.25, 0.3) is 0 Å². The third-order valence-corrected chi connectivity index (χ3v) is 2.35. The quantitative estimate of drug-likeness (QED) is 0.601. The molecule has 1 N–H and O–H groups in total. The Kier molecular flexibility index (Phi) is 4.78. The summed E-state index contributed by atoms with van der Waals surface area (Å²) in [6.45, 7) is 3.32. The van der Waals surface area contributed by atoms with Gasteiger partial charge in [0.2, 0.25) is 0 Å². The average molecular weight is 185 g/mol. The van der Waals surface area contributed by atoms with Crippen molar-refractivity contribution in [1.29, 1.82) is 0 Å². The van der Waals surface area contributed by atoms with Gasteiger partial charge >= 0.3 is 6.41 Å². The highest BCUT2D eigenvalue weighted by Crippen LogP contribution is 2.07. The third kappa shape index (κ3) is 3.32. The van der Waals surface area contributed by atoms with Crippen molar-refractivity contribution in [2.24, 2.45) is 0 Å². The van der Waals surface area contributed by atoms with Crippen molar-refractivity contribution in [2.45, 2.75) is 18.9 Å². The molecule has 0 saturated carbocycles. The lowest BCUT2D eigenvalue weighted by atomic mass is 10.1. The molecule has 1 aliphatic heterocycles. The SMILES string of the molecule is COCCCC1CNCCN1[C]=O. The van der Waals surface area contributed by atoms with E-state index in [0.717, 1.165) is 39.1 Å². The molecule has 1 fully saturated rings. The van der Waals surface area contributed by atoms with E-state index < -0.39 is 0 Å². The Bertz CT molecular complexity index is 153. The van der Waals surface area contributed by atoms with E-state index in [9.17, 15) is 4.79 Å². The molecule has 1 radical (unpaired) electrons. The molecular formula is C9H17N2O2. The van der Waals surface area contributed by atoms with Gasteiger partial charge in [0.15, 0.2) is 0 Å². The van der Waals surface area contributed by atoms with Crippen molar-refractivity contribution in [3.63, 3.8) is 0 Å². The van der Waals surface area contributed by atoms with E-state index in [1.807, 2.05) is 6.41 Å². The van der Waals surface area contributed by atoms with Gasteiger partial charge < -0.3 is 15.0 Å². The first-order valence-corrected chi connectivity index (χ1v) is 4.72. The smallest absolute Gasteiger partial charge is 0.312 e. The fourth-order valence-corrected chi connectivity index (χ4v) is 1.60. The Labute approximate surface area is 79.2 Å². The maximum atomic E-state index is 10.5. The maximum Gasteiger partial charge on any atom is 0.312 e. The highest BCUT2D eigenvalue weighted by atomic mass is 16.5. The first-order chi connectivity index (χ1) is 6.38. The zero-order valence-electron chi connectivity index (χ0n) is 8.08. The zero-order valence-corrected chi connectivity index (χ0v) is 8.08. The molecule has 1 heterocycles. The van der Waals surface area contributed by atoms with E-state index in [0.29, 0.717) is 6.04 Å². The topological polar surface area (TPSA) is 41.6 Å². The van der Waals surface area contributed by atoms with Gasteiger partial charge in [0, 0.05) is 39.4 Å². The molecule has 0 aromatic heterocycles. The number of carbonyl (C=O) groups excluding carboxylic acids is 1. The lowest BCUT2D eigenvalue weighted by molar-refractivity contribution is 0.171. The fourth-order valence-electron chi connectivity index (χ4n) is 1.60. The average Bonchev–Trinajstić information content (AvgIpc) is 2.19. The Morgan fingerprint density at radius 2 is 2.54 bits per heavy atom. The van der Waals surface area contributed by atoms with Crippen LogP contribution in [0.15, 0.2) is 0 Å². The third-order valence-electron chi connectivity index (χ3n) is 2.35. The number of amides is 1. The van der Waals surface area contributed by atoms with Crippen LogP contribution in [0, 0.1) is 0 Å². The fraction of sp³-hybridized carbons (Fsp3) is 0.889. The van der Waals surface area contributed by atoms with E-state index in [1.165, 1.54) is 0 Å². The Balaban J connectivity index is 2.23. The minimum absolute atomic E-state index is 0.307. The van der Waals surface area contributed by atoms with Crippen LogP contribution < -0.4 is 5.32 Å². The Morgan fingerprint density at radius 3 is 3.23 bits per heavy atom. The van der Waals surface area contributed by atoms with Gasteiger partial charge in [-0.2, -0.15) is 0 Å². The van der Waals surface area contributed by atoms with Crippen LogP contribution in [0.3, 0.4) is 0 Å². The van der Waals surface area contributed by atoms with Gasteiger partial charge in [-0.25, -0.2) is 0 Å². The van der Waals surface area contributed by atoms with Crippen LogP contribution in [0.1, 0.15) is 12.8 Å². The number of nitrogens with zero attached hydrogens (tertiary/aromatic N) is 1. The summed E-state index contributed by atoms with van der Waals surface area (Å²) in [6, 6.07) is 0.307. The predicted molar refractivity (Wildman–Crippen MR) is 50.2 cm³/mol. The highest BCUT2D eigenvalue weighted by molar-refractivity contribution is 5.49. The minimum atomic E-state index is 0.307. The molecule has 0 aromatic rings. The lowest BCUT2D eigenvalue weighted by Gasteiger charge is -2.32. The van der Waals surface area contributed by atoms with Gasteiger partial charge in [0.1, 0.15) is 0 Å². The largest absolute Gasteiger partial charge is 0.385 e. The second-order valence-electron chi connectivity index (χ2n) is 3.28. The van der Waals surface area contributed by atoms with Crippen LogP contribution in [-0.2, 0) is 9.53 Å². The Morgan fingerprint density at radius 1 is 1.69 bits per heavy atom. The van der Waals surface area contributed by atoms with Crippen LogP contribution in [0.5, 0.6) is 0 Å². The number of hydrogen-bond donors (Lipinski definition) is 1. The standard InChI is InChI=1S/C9H17N2O2/c1-13-6-2-3-9-7-10-4-5-11(9)8-12/h9-10H,2-7H2,1H3. The molecule has 0 bridgehead atoms. The summed E-state index contributed by atoms with van der Waals surface area (Å²) in [7, 11) is 1.70. The van der Waals surface area contributed by atoms with E-state index >= 15 is 0 Å². The molecule has 1 rings (SSSR count). The van der Waals surface area contributed by atoms with Gasteiger partial charge in [-0.3, -0.25) is 4.79 Å². The number of piperazine rings is 1.